The first-order valence-electron chi connectivity index (χ1n) is 4.07. The Morgan fingerprint density at radius 3 is 2.50 bits per heavy atom. The average Bonchev–Trinajstić information content (AvgIpc) is 2.13. The number of benzene rings is 1. The molecule has 0 radical (unpaired) electrons. The average molecular weight is 222 g/mol. The van der Waals surface area contributed by atoms with E-state index >= 15 is 0 Å². The maximum Gasteiger partial charge on any atom is 0.142 e. The normalized spacial score (nSPS) is 12.9. The zero-order valence-electron chi connectivity index (χ0n) is 7.30. The molecule has 1 unspecified atom stereocenters. The van der Waals surface area contributed by atoms with E-state index < -0.39 is 17.7 Å². The highest BCUT2D eigenvalue weighted by atomic mass is 35.5. The lowest BCUT2D eigenvalue weighted by molar-refractivity contribution is 0.275. The second-order valence-electron chi connectivity index (χ2n) is 2.88. The second kappa shape index (κ2) is 4.68. The lowest BCUT2D eigenvalue weighted by atomic mass is 10.0. The molecule has 0 aliphatic rings. The molecule has 0 amide bonds. The van der Waals surface area contributed by atoms with Crippen LogP contribution in [0.1, 0.15) is 18.0 Å². The van der Waals surface area contributed by atoms with Crippen LogP contribution in [-0.2, 0) is 0 Å². The van der Waals surface area contributed by atoms with E-state index in [-0.39, 0.29) is 23.6 Å². The SMILES string of the molecule is NC(CCO)c1c(F)ccc(F)c1Cl. The zero-order chi connectivity index (χ0) is 10.7. The van der Waals surface area contributed by atoms with Gasteiger partial charge in [-0.25, -0.2) is 8.78 Å². The van der Waals surface area contributed by atoms with Gasteiger partial charge in [-0.2, -0.15) is 0 Å². The molecule has 1 atom stereocenters. The first kappa shape index (κ1) is 11.4. The molecule has 0 aromatic heterocycles. The van der Waals surface area contributed by atoms with Crippen LogP contribution in [0.5, 0.6) is 0 Å². The minimum Gasteiger partial charge on any atom is -0.396 e. The summed E-state index contributed by atoms with van der Waals surface area (Å²) in [7, 11) is 0. The van der Waals surface area contributed by atoms with E-state index in [9.17, 15) is 8.78 Å². The molecule has 0 saturated carbocycles. The number of rotatable bonds is 3. The lowest BCUT2D eigenvalue weighted by Gasteiger charge is -2.13. The Morgan fingerprint density at radius 1 is 1.36 bits per heavy atom. The molecule has 0 aliphatic heterocycles. The molecule has 0 bridgehead atoms. The highest BCUT2D eigenvalue weighted by Gasteiger charge is 2.17. The van der Waals surface area contributed by atoms with Gasteiger partial charge in [0.2, 0.25) is 0 Å². The monoisotopic (exact) mass is 221 g/mol. The van der Waals surface area contributed by atoms with Gasteiger partial charge >= 0.3 is 0 Å². The molecule has 0 spiro atoms. The number of aliphatic hydroxyl groups is 1. The predicted octanol–water partition coefficient (Wildman–Crippen LogP) is 2.00. The summed E-state index contributed by atoms with van der Waals surface area (Å²) in [4.78, 5) is 0. The van der Waals surface area contributed by atoms with Crippen LogP contribution in [0.4, 0.5) is 8.78 Å². The maximum atomic E-state index is 13.2. The molecule has 0 saturated heterocycles. The fourth-order valence-electron chi connectivity index (χ4n) is 1.17. The molecule has 14 heavy (non-hydrogen) atoms. The molecule has 1 aromatic rings. The highest BCUT2D eigenvalue weighted by Crippen LogP contribution is 2.28. The van der Waals surface area contributed by atoms with E-state index in [1.54, 1.807) is 0 Å². The van der Waals surface area contributed by atoms with Crippen LogP contribution in [0.15, 0.2) is 12.1 Å². The zero-order valence-corrected chi connectivity index (χ0v) is 8.06. The summed E-state index contributed by atoms with van der Waals surface area (Å²) in [6.45, 7) is -0.201. The van der Waals surface area contributed by atoms with Crippen molar-refractivity contribution in [1.29, 1.82) is 0 Å². The Kier molecular flexibility index (Phi) is 3.80. The van der Waals surface area contributed by atoms with E-state index in [4.69, 9.17) is 22.4 Å². The summed E-state index contributed by atoms with van der Waals surface area (Å²) >= 11 is 5.55. The van der Waals surface area contributed by atoms with E-state index in [2.05, 4.69) is 0 Å². The third kappa shape index (κ3) is 2.20. The summed E-state index contributed by atoms with van der Waals surface area (Å²) < 4.78 is 26.1. The Morgan fingerprint density at radius 2 is 1.93 bits per heavy atom. The highest BCUT2D eigenvalue weighted by molar-refractivity contribution is 6.31. The fraction of sp³-hybridized carbons (Fsp3) is 0.333. The fourth-order valence-corrected chi connectivity index (χ4v) is 1.46. The van der Waals surface area contributed by atoms with E-state index in [1.807, 2.05) is 0 Å². The molecule has 0 heterocycles. The smallest absolute Gasteiger partial charge is 0.142 e. The van der Waals surface area contributed by atoms with E-state index in [0.717, 1.165) is 12.1 Å². The van der Waals surface area contributed by atoms with Crippen molar-refractivity contribution in [3.8, 4) is 0 Å². The Balaban J connectivity index is 3.11. The molecule has 0 aliphatic carbocycles. The van der Waals surface area contributed by atoms with Crippen LogP contribution < -0.4 is 5.73 Å². The number of hydrogen-bond acceptors (Lipinski definition) is 2. The molecule has 0 fully saturated rings. The molecule has 1 rings (SSSR count). The summed E-state index contributed by atoms with van der Waals surface area (Å²) in [5.74, 6) is -1.37. The third-order valence-corrected chi connectivity index (χ3v) is 2.27. The van der Waals surface area contributed by atoms with Gasteiger partial charge in [-0.1, -0.05) is 11.6 Å². The third-order valence-electron chi connectivity index (χ3n) is 1.89. The summed E-state index contributed by atoms with van der Waals surface area (Å²) in [6, 6.07) is 1.11. The predicted molar refractivity (Wildman–Crippen MR) is 50.0 cm³/mol. The van der Waals surface area contributed by atoms with Crippen molar-refractivity contribution in [2.75, 3.05) is 6.61 Å². The van der Waals surface area contributed by atoms with Crippen molar-refractivity contribution in [1.82, 2.24) is 0 Å². The first-order chi connectivity index (χ1) is 6.57. The topological polar surface area (TPSA) is 46.2 Å². The van der Waals surface area contributed by atoms with Gasteiger partial charge in [0, 0.05) is 18.2 Å². The molecule has 2 nitrogen and oxygen atoms in total. The van der Waals surface area contributed by atoms with Gasteiger partial charge in [-0.15, -0.1) is 0 Å². The van der Waals surface area contributed by atoms with Crippen LogP contribution >= 0.6 is 11.6 Å². The van der Waals surface area contributed by atoms with Crippen LogP contribution in [0, 0.1) is 11.6 Å². The standard InChI is InChI=1S/C9H10ClF2NO/c10-9-6(12)2-1-5(11)8(9)7(13)3-4-14/h1-2,7,14H,3-4,13H2. The van der Waals surface area contributed by atoms with Crippen molar-refractivity contribution < 1.29 is 13.9 Å². The quantitative estimate of drug-likeness (QED) is 0.767. The van der Waals surface area contributed by atoms with Gasteiger partial charge in [0.05, 0.1) is 5.02 Å². The molecular weight excluding hydrogens is 212 g/mol. The number of nitrogens with two attached hydrogens (primary N) is 1. The van der Waals surface area contributed by atoms with Crippen molar-refractivity contribution in [3.63, 3.8) is 0 Å². The summed E-state index contributed by atoms with van der Waals surface area (Å²) in [5, 5.41) is 8.30. The minimum atomic E-state index is -0.789. The number of aliphatic hydroxyl groups excluding tert-OH is 1. The van der Waals surface area contributed by atoms with Crippen molar-refractivity contribution >= 4 is 11.6 Å². The Bertz CT molecular complexity index is 333. The van der Waals surface area contributed by atoms with Gasteiger partial charge in [-0.3, -0.25) is 0 Å². The lowest BCUT2D eigenvalue weighted by Crippen LogP contribution is -2.14. The van der Waals surface area contributed by atoms with Gasteiger partial charge in [0.25, 0.3) is 0 Å². The molecule has 3 N–H and O–H groups in total. The van der Waals surface area contributed by atoms with Gasteiger partial charge < -0.3 is 10.8 Å². The van der Waals surface area contributed by atoms with Crippen LogP contribution in [0.2, 0.25) is 5.02 Å². The second-order valence-corrected chi connectivity index (χ2v) is 3.25. The van der Waals surface area contributed by atoms with E-state index in [0.29, 0.717) is 0 Å². The maximum absolute atomic E-state index is 13.2. The minimum absolute atomic E-state index is 0.0827. The van der Waals surface area contributed by atoms with E-state index in [1.165, 1.54) is 0 Å². The molecule has 5 heteroatoms. The summed E-state index contributed by atoms with van der Waals surface area (Å²) in [5.41, 5.74) is 5.44. The molecule has 1 aromatic carbocycles. The Labute approximate surface area is 85.3 Å². The molecular formula is C9H10ClF2NO. The molecule has 78 valence electrons. The Hall–Kier alpha value is -0.710. The number of hydrogen-bond donors (Lipinski definition) is 2. The van der Waals surface area contributed by atoms with Crippen molar-refractivity contribution in [3.05, 3.63) is 34.4 Å². The summed E-state index contributed by atoms with van der Waals surface area (Å²) in [6.07, 6.45) is 0.139. The van der Waals surface area contributed by atoms with Gasteiger partial charge in [0.15, 0.2) is 0 Å². The van der Waals surface area contributed by atoms with Crippen molar-refractivity contribution in [2.45, 2.75) is 12.5 Å². The van der Waals surface area contributed by atoms with Crippen LogP contribution in [-0.4, -0.2) is 11.7 Å². The van der Waals surface area contributed by atoms with Gasteiger partial charge in [-0.05, 0) is 18.6 Å². The van der Waals surface area contributed by atoms with Gasteiger partial charge in [0.1, 0.15) is 11.6 Å². The van der Waals surface area contributed by atoms with Crippen LogP contribution in [0.25, 0.3) is 0 Å². The largest absolute Gasteiger partial charge is 0.396 e. The first-order valence-corrected chi connectivity index (χ1v) is 4.45. The number of halogens is 3. The van der Waals surface area contributed by atoms with Crippen LogP contribution in [0.3, 0.4) is 0 Å². The van der Waals surface area contributed by atoms with Crippen molar-refractivity contribution in [2.24, 2.45) is 5.73 Å².